The van der Waals surface area contributed by atoms with E-state index >= 15 is 0 Å². The molecule has 0 heterocycles. The van der Waals surface area contributed by atoms with Crippen molar-refractivity contribution in [3.05, 3.63) is 59.2 Å². The molecule has 0 aromatic heterocycles. The van der Waals surface area contributed by atoms with E-state index in [1.807, 2.05) is 32.0 Å². The molecule has 0 aliphatic carbocycles. The van der Waals surface area contributed by atoms with E-state index in [9.17, 15) is 14.4 Å². The maximum atomic E-state index is 12.4. The van der Waals surface area contributed by atoms with Gasteiger partial charge in [0.1, 0.15) is 0 Å². The number of carbonyl (C=O) groups excluding carboxylic acids is 3. The smallest absolute Gasteiger partial charge is 0.340 e. The summed E-state index contributed by atoms with van der Waals surface area (Å²) in [6.07, 6.45) is 0. The van der Waals surface area contributed by atoms with Crippen LogP contribution in [0.4, 0.5) is 11.4 Å². The lowest BCUT2D eigenvalue weighted by Gasteiger charge is -2.17. The first-order valence-electron chi connectivity index (χ1n) is 9.42. The molecule has 0 aliphatic heterocycles. The number of ether oxygens (including phenoxy) is 1. The van der Waals surface area contributed by atoms with Gasteiger partial charge in [-0.2, -0.15) is 0 Å². The molecule has 0 bridgehead atoms. The van der Waals surface area contributed by atoms with Crippen molar-refractivity contribution in [2.45, 2.75) is 20.8 Å². The van der Waals surface area contributed by atoms with Gasteiger partial charge in [0.2, 0.25) is 11.8 Å². The third-order valence-electron chi connectivity index (χ3n) is 4.40. The van der Waals surface area contributed by atoms with Crippen LogP contribution in [0.5, 0.6) is 0 Å². The van der Waals surface area contributed by atoms with Gasteiger partial charge >= 0.3 is 5.97 Å². The van der Waals surface area contributed by atoms with Crippen LogP contribution in [0.3, 0.4) is 0 Å². The van der Waals surface area contributed by atoms with Gasteiger partial charge in [-0.1, -0.05) is 24.3 Å². The van der Waals surface area contributed by atoms with Gasteiger partial charge in [0.05, 0.1) is 30.9 Å². The summed E-state index contributed by atoms with van der Waals surface area (Å²) in [5, 5.41) is 5.58. The van der Waals surface area contributed by atoms with E-state index in [2.05, 4.69) is 10.6 Å². The Bertz CT molecular complexity index is 895. The highest BCUT2D eigenvalue weighted by molar-refractivity contribution is 6.02. The molecule has 2 aromatic carbocycles. The first-order valence-corrected chi connectivity index (χ1v) is 9.42. The second-order valence-corrected chi connectivity index (χ2v) is 6.78. The number of aryl methyl sites for hydroxylation is 1. The van der Waals surface area contributed by atoms with Crippen LogP contribution >= 0.6 is 0 Å². The minimum Gasteiger partial charge on any atom is -0.462 e. The Balaban J connectivity index is 1.92. The summed E-state index contributed by atoms with van der Waals surface area (Å²) < 4.78 is 5.00. The lowest BCUT2D eigenvalue weighted by Crippen LogP contribution is -2.36. The fourth-order valence-corrected chi connectivity index (χ4v) is 2.79. The molecule has 2 rings (SSSR count). The topological polar surface area (TPSA) is 87.7 Å². The molecule has 154 valence electrons. The number of hydrogen-bond donors (Lipinski definition) is 2. The number of amides is 2. The molecule has 7 heteroatoms. The molecule has 0 unspecified atom stereocenters. The van der Waals surface area contributed by atoms with E-state index in [4.69, 9.17) is 4.74 Å². The molecule has 2 N–H and O–H groups in total. The van der Waals surface area contributed by atoms with Crippen molar-refractivity contribution in [2.24, 2.45) is 0 Å². The number of anilines is 2. The van der Waals surface area contributed by atoms with Crippen LogP contribution in [0.2, 0.25) is 0 Å². The van der Waals surface area contributed by atoms with Crippen LogP contribution in [0, 0.1) is 13.8 Å². The highest BCUT2D eigenvalue weighted by atomic mass is 16.5. The number of benzene rings is 2. The van der Waals surface area contributed by atoms with Crippen LogP contribution in [-0.2, 0) is 14.3 Å². The number of carbonyl (C=O) groups is 3. The lowest BCUT2D eigenvalue weighted by molar-refractivity contribution is -0.119. The Morgan fingerprint density at radius 3 is 2.14 bits per heavy atom. The molecule has 2 aromatic rings. The first kappa shape index (κ1) is 22.1. The molecule has 29 heavy (non-hydrogen) atoms. The fraction of sp³-hybridized carbons (Fsp3) is 0.318. The molecular formula is C22H27N3O4. The molecule has 2 amide bonds. The van der Waals surface area contributed by atoms with Crippen LogP contribution in [0.25, 0.3) is 0 Å². The van der Waals surface area contributed by atoms with Gasteiger partial charge in [0, 0.05) is 5.69 Å². The molecule has 0 saturated heterocycles. The van der Waals surface area contributed by atoms with E-state index in [0.717, 1.165) is 16.8 Å². The maximum absolute atomic E-state index is 12.4. The SMILES string of the molecule is CCOC(=O)c1ccccc1NC(=O)CN(C)CC(=O)Nc1cccc(C)c1C. The summed E-state index contributed by atoms with van der Waals surface area (Å²) in [6.45, 7) is 5.95. The molecule has 0 spiro atoms. The van der Waals surface area contributed by atoms with E-state index < -0.39 is 5.97 Å². The van der Waals surface area contributed by atoms with Crippen molar-refractivity contribution in [3.8, 4) is 0 Å². The molecule has 7 nitrogen and oxygen atoms in total. The second kappa shape index (κ2) is 10.4. The predicted octanol–water partition coefficient (Wildman–Crippen LogP) is 2.99. The molecule has 0 aliphatic rings. The molecular weight excluding hydrogens is 370 g/mol. The van der Waals surface area contributed by atoms with Crippen molar-refractivity contribution in [3.63, 3.8) is 0 Å². The lowest BCUT2D eigenvalue weighted by atomic mass is 10.1. The van der Waals surface area contributed by atoms with Gasteiger partial charge in [-0.05, 0) is 57.1 Å². The van der Waals surface area contributed by atoms with Crippen molar-refractivity contribution in [2.75, 3.05) is 37.4 Å². The number of para-hydroxylation sites is 1. The number of nitrogens with zero attached hydrogens (tertiary/aromatic N) is 1. The van der Waals surface area contributed by atoms with Gasteiger partial charge in [-0.25, -0.2) is 4.79 Å². The van der Waals surface area contributed by atoms with Crippen LogP contribution in [0.15, 0.2) is 42.5 Å². The van der Waals surface area contributed by atoms with E-state index in [0.29, 0.717) is 5.69 Å². The van der Waals surface area contributed by atoms with Crippen LogP contribution in [-0.4, -0.2) is 49.4 Å². The second-order valence-electron chi connectivity index (χ2n) is 6.78. The summed E-state index contributed by atoms with van der Waals surface area (Å²) in [4.78, 5) is 38.3. The minimum atomic E-state index is -0.496. The highest BCUT2D eigenvalue weighted by Crippen LogP contribution is 2.18. The highest BCUT2D eigenvalue weighted by Gasteiger charge is 2.16. The summed E-state index contributed by atoms with van der Waals surface area (Å²) in [5.41, 5.74) is 3.53. The maximum Gasteiger partial charge on any atom is 0.340 e. The zero-order valence-corrected chi connectivity index (χ0v) is 17.2. The Morgan fingerprint density at radius 2 is 1.48 bits per heavy atom. The predicted molar refractivity (Wildman–Crippen MR) is 113 cm³/mol. The van der Waals surface area contributed by atoms with E-state index in [1.54, 1.807) is 43.1 Å². The summed E-state index contributed by atoms with van der Waals surface area (Å²) in [6, 6.07) is 12.4. The summed E-state index contributed by atoms with van der Waals surface area (Å²) >= 11 is 0. The Labute approximate surface area is 171 Å². The Hall–Kier alpha value is -3.19. The number of likely N-dealkylation sites (N-methyl/N-ethyl adjacent to an activating group) is 1. The molecule has 0 atom stereocenters. The standard InChI is InChI=1S/C22H27N3O4/c1-5-29-22(28)17-10-6-7-11-19(17)24-21(27)14-25(4)13-20(26)23-18-12-8-9-15(2)16(18)3/h6-12H,5,13-14H2,1-4H3,(H,23,26)(H,24,27). The average molecular weight is 397 g/mol. The monoisotopic (exact) mass is 397 g/mol. The first-order chi connectivity index (χ1) is 13.8. The summed E-state index contributed by atoms with van der Waals surface area (Å²) in [5.74, 6) is -1.03. The normalized spacial score (nSPS) is 10.5. The zero-order valence-electron chi connectivity index (χ0n) is 17.2. The number of esters is 1. The quantitative estimate of drug-likeness (QED) is 0.669. The zero-order chi connectivity index (χ0) is 21.4. The minimum absolute atomic E-state index is 0.00260. The Kier molecular flexibility index (Phi) is 7.91. The van der Waals surface area contributed by atoms with E-state index in [-0.39, 0.29) is 37.1 Å². The van der Waals surface area contributed by atoms with Gasteiger partial charge in [0.15, 0.2) is 0 Å². The molecule has 0 radical (unpaired) electrons. The molecule has 0 fully saturated rings. The van der Waals surface area contributed by atoms with Gasteiger partial charge in [0.25, 0.3) is 0 Å². The van der Waals surface area contributed by atoms with Crippen molar-refractivity contribution in [1.29, 1.82) is 0 Å². The summed E-state index contributed by atoms with van der Waals surface area (Å²) in [7, 11) is 1.68. The Morgan fingerprint density at radius 1 is 0.897 bits per heavy atom. The fourth-order valence-electron chi connectivity index (χ4n) is 2.79. The number of hydrogen-bond acceptors (Lipinski definition) is 5. The van der Waals surface area contributed by atoms with Crippen molar-refractivity contribution < 1.29 is 19.1 Å². The molecule has 0 saturated carbocycles. The third-order valence-corrected chi connectivity index (χ3v) is 4.40. The van der Waals surface area contributed by atoms with Crippen LogP contribution in [0.1, 0.15) is 28.4 Å². The largest absolute Gasteiger partial charge is 0.462 e. The van der Waals surface area contributed by atoms with E-state index in [1.165, 1.54) is 0 Å². The average Bonchev–Trinajstić information content (AvgIpc) is 2.65. The third kappa shape index (κ3) is 6.43. The van der Waals surface area contributed by atoms with Gasteiger partial charge < -0.3 is 15.4 Å². The van der Waals surface area contributed by atoms with Crippen molar-refractivity contribution in [1.82, 2.24) is 4.90 Å². The van der Waals surface area contributed by atoms with Gasteiger partial charge in [-0.15, -0.1) is 0 Å². The number of nitrogens with one attached hydrogen (secondary N) is 2. The van der Waals surface area contributed by atoms with Crippen molar-refractivity contribution >= 4 is 29.2 Å². The van der Waals surface area contributed by atoms with Crippen LogP contribution < -0.4 is 10.6 Å². The van der Waals surface area contributed by atoms with Gasteiger partial charge in [-0.3, -0.25) is 14.5 Å². The number of rotatable bonds is 8.